The molecule has 12 nitrogen and oxygen atoms in total. The molecule has 2 aliphatic rings. The van der Waals surface area contributed by atoms with Crippen LogP contribution in [0, 0.1) is 0 Å². The predicted molar refractivity (Wildman–Crippen MR) is 153 cm³/mol. The van der Waals surface area contributed by atoms with Crippen LogP contribution in [0.15, 0.2) is 36.4 Å². The normalized spacial score (nSPS) is 20.0. The number of esters is 1. The van der Waals surface area contributed by atoms with Crippen molar-refractivity contribution in [1.82, 2.24) is 10.6 Å². The van der Waals surface area contributed by atoms with Crippen LogP contribution in [0.25, 0.3) is 0 Å². The van der Waals surface area contributed by atoms with Gasteiger partial charge in [-0.25, -0.2) is 0 Å². The molecule has 42 heavy (non-hydrogen) atoms. The molecule has 0 radical (unpaired) electrons. The first-order chi connectivity index (χ1) is 20.0. The molecule has 0 saturated carbocycles. The van der Waals surface area contributed by atoms with E-state index in [9.17, 15) is 29.1 Å². The van der Waals surface area contributed by atoms with Crippen LogP contribution in [0.5, 0.6) is 5.75 Å². The lowest BCUT2D eigenvalue weighted by Gasteiger charge is -2.26. The van der Waals surface area contributed by atoms with Crippen molar-refractivity contribution >= 4 is 64.2 Å². The first kappa shape index (κ1) is 31.1. The molecule has 1 saturated heterocycles. The van der Waals surface area contributed by atoms with E-state index in [1.165, 1.54) is 28.9 Å². The maximum absolute atomic E-state index is 13.9. The fraction of sp³-hybridized carbons (Fsp3) is 0.393. The van der Waals surface area contributed by atoms with Gasteiger partial charge in [0, 0.05) is 12.5 Å². The van der Waals surface area contributed by atoms with Gasteiger partial charge in [-0.2, -0.15) is 0 Å². The Labute approximate surface area is 251 Å². The van der Waals surface area contributed by atoms with Crippen LogP contribution in [-0.4, -0.2) is 72.8 Å². The number of cyclic esters (lactones) is 1. The third-order valence-electron chi connectivity index (χ3n) is 6.75. The van der Waals surface area contributed by atoms with Crippen LogP contribution in [0.2, 0.25) is 10.0 Å². The van der Waals surface area contributed by atoms with Crippen molar-refractivity contribution in [3.05, 3.63) is 52.0 Å². The van der Waals surface area contributed by atoms with Gasteiger partial charge < -0.3 is 30.1 Å². The maximum Gasteiger partial charge on any atom is 0.310 e. The number of halogens is 2. The molecular formula is C28H30Cl2N4O8. The number of hydrogen-bond acceptors (Lipinski definition) is 8. The standard InChI is InChI=1S/C28H30Cl2N4O8/c1-3-4-9-41-28-19(12-24(37)42-28)31-23(36)14-34-22-8-6-5-7-21(22)33(15(2)35)13-20(27(34)40)32-26(39)16-10-17(29)25(38)18(30)11-16/h5-8,10-11,19-20,28,38H,3-4,9,12-14H2,1-2H3,(H,31,36)(H,32,39)/t19-,20-,28?/m0/s1. The number of phenolic OH excluding ortho intramolecular Hbond substituents is 1. The molecule has 1 unspecified atom stereocenters. The van der Waals surface area contributed by atoms with Gasteiger partial charge in [0.25, 0.3) is 11.8 Å². The Bertz CT molecular complexity index is 1380. The maximum atomic E-state index is 13.9. The topological polar surface area (TPSA) is 155 Å². The zero-order valence-corrected chi connectivity index (χ0v) is 24.4. The minimum absolute atomic E-state index is 0.0314. The van der Waals surface area contributed by atoms with E-state index in [0.29, 0.717) is 12.3 Å². The Hall–Kier alpha value is -3.87. The van der Waals surface area contributed by atoms with Gasteiger partial charge in [-0.15, -0.1) is 0 Å². The lowest BCUT2D eigenvalue weighted by molar-refractivity contribution is -0.165. The molecule has 2 aliphatic heterocycles. The molecule has 0 aliphatic carbocycles. The molecule has 2 aromatic rings. The van der Waals surface area contributed by atoms with E-state index in [-0.39, 0.29) is 34.3 Å². The summed E-state index contributed by atoms with van der Waals surface area (Å²) in [6, 6.07) is 6.87. The summed E-state index contributed by atoms with van der Waals surface area (Å²) in [5, 5.41) is 14.8. The van der Waals surface area contributed by atoms with Crippen LogP contribution in [0.4, 0.5) is 11.4 Å². The Morgan fingerprint density at radius 2 is 1.76 bits per heavy atom. The number of hydrogen-bond donors (Lipinski definition) is 3. The highest BCUT2D eigenvalue weighted by Gasteiger charge is 2.40. The zero-order chi connectivity index (χ0) is 30.6. The number of nitrogens with zero attached hydrogens (tertiary/aromatic N) is 2. The Morgan fingerprint density at radius 1 is 1.10 bits per heavy atom. The van der Waals surface area contributed by atoms with Crippen molar-refractivity contribution in [3.8, 4) is 5.75 Å². The van der Waals surface area contributed by atoms with Gasteiger partial charge in [0.05, 0.1) is 41.0 Å². The molecule has 4 rings (SSSR count). The number of fused-ring (bicyclic) bond motifs is 1. The largest absolute Gasteiger partial charge is 0.505 e. The van der Waals surface area contributed by atoms with Gasteiger partial charge in [0.1, 0.15) is 18.6 Å². The minimum atomic E-state index is -1.28. The molecule has 1 fully saturated rings. The number of rotatable bonds is 9. The highest BCUT2D eigenvalue weighted by molar-refractivity contribution is 6.37. The van der Waals surface area contributed by atoms with Crippen LogP contribution in [0.3, 0.4) is 0 Å². The predicted octanol–water partition coefficient (Wildman–Crippen LogP) is 2.77. The van der Waals surface area contributed by atoms with Crippen molar-refractivity contribution in [2.24, 2.45) is 0 Å². The summed E-state index contributed by atoms with van der Waals surface area (Å²) >= 11 is 11.9. The number of phenols is 1. The molecular weight excluding hydrogens is 591 g/mol. The van der Waals surface area contributed by atoms with E-state index in [4.69, 9.17) is 32.7 Å². The van der Waals surface area contributed by atoms with Crippen molar-refractivity contribution < 1.29 is 38.6 Å². The van der Waals surface area contributed by atoms with Gasteiger partial charge in [-0.3, -0.25) is 28.9 Å². The van der Waals surface area contributed by atoms with E-state index < -0.39 is 60.3 Å². The smallest absolute Gasteiger partial charge is 0.310 e. The summed E-state index contributed by atoms with van der Waals surface area (Å²) in [5.74, 6) is -3.34. The van der Waals surface area contributed by atoms with E-state index in [0.717, 1.165) is 12.8 Å². The van der Waals surface area contributed by atoms with Gasteiger partial charge in [-0.05, 0) is 30.7 Å². The van der Waals surface area contributed by atoms with E-state index in [1.807, 2.05) is 6.92 Å². The summed E-state index contributed by atoms with van der Waals surface area (Å²) in [5.41, 5.74) is 0.602. The highest BCUT2D eigenvalue weighted by atomic mass is 35.5. The molecule has 0 bridgehead atoms. The number of anilines is 2. The fourth-order valence-electron chi connectivity index (χ4n) is 4.64. The first-order valence-corrected chi connectivity index (χ1v) is 14.0. The summed E-state index contributed by atoms with van der Waals surface area (Å²) in [6.07, 6.45) is 0.567. The van der Waals surface area contributed by atoms with Gasteiger partial charge in [-0.1, -0.05) is 48.7 Å². The van der Waals surface area contributed by atoms with Crippen LogP contribution >= 0.6 is 23.2 Å². The van der Waals surface area contributed by atoms with E-state index in [2.05, 4.69) is 10.6 Å². The molecule has 2 aromatic carbocycles. The van der Waals surface area contributed by atoms with Crippen LogP contribution in [0.1, 0.15) is 43.5 Å². The molecule has 0 aromatic heterocycles. The lowest BCUT2D eigenvalue weighted by Crippen LogP contribution is -2.55. The lowest BCUT2D eigenvalue weighted by atomic mass is 10.1. The fourth-order valence-corrected chi connectivity index (χ4v) is 5.13. The first-order valence-electron chi connectivity index (χ1n) is 13.3. The van der Waals surface area contributed by atoms with Crippen molar-refractivity contribution in [2.45, 2.75) is 51.5 Å². The molecule has 14 heteroatoms. The zero-order valence-electron chi connectivity index (χ0n) is 22.9. The average Bonchev–Trinajstić information content (AvgIpc) is 3.24. The van der Waals surface area contributed by atoms with Crippen molar-refractivity contribution in [1.29, 1.82) is 0 Å². The third-order valence-corrected chi connectivity index (χ3v) is 7.32. The Morgan fingerprint density at radius 3 is 2.40 bits per heavy atom. The number of amides is 4. The van der Waals surface area contributed by atoms with Gasteiger partial charge in [0.2, 0.25) is 18.1 Å². The summed E-state index contributed by atoms with van der Waals surface area (Å²) in [7, 11) is 0. The number of carbonyl (C=O) groups is 5. The summed E-state index contributed by atoms with van der Waals surface area (Å²) in [4.78, 5) is 67.4. The second kappa shape index (κ2) is 13.4. The summed E-state index contributed by atoms with van der Waals surface area (Å²) in [6.45, 7) is 2.93. The number of ether oxygens (including phenoxy) is 2. The van der Waals surface area contributed by atoms with E-state index >= 15 is 0 Å². The minimum Gasteiger partial charge on any atom is -0.505 e. The average molecular weight is 621 g/mol. The molecule has 4 amide bonds. The Kier molecular flexibility index (Phi) is 9.92. The number of aromatic hydroxyl groups is 1. The number of benzene rings is 2. The second-order valence-corrected chi connectivity index (χ2v) is 10.6. The molecule has 224 valence electrons. The third kappa shape index (κ3) is 6.94. The quantitative estimate of drug-likeness (QED) is 0.285. The van der Waals surface area contributed by atoms with Gasteiger partial charge >= 0.3 is 5.97 Å². The summed E-state index contributed by atoms with van der Waals surface area (Å²) < 4.78 is 10.8. The van der Waals surface area contributed by atoms with Crippen LogP contribution < -0.4 is 20.4 Å². The molecule has 3 N–H and O–H groups in total. The van der Waals surface area contributed by atoms with Crippen molar-refractivity contribution in [3.63, 3.8) is 0 Å². The number of unbranched alkanes of at least 4 members (excludes halogenated alkanes) is 1. The van der Waals surface area contributed by atoms with E-state index in [1.54, 1.807) is 24.3 Å². The highest BCUT2D eigenvalue weighted by Crippen LogP contribution is 2.34. The number of para-hydroxylation sites is 2. The monoisotopic (exact) mass is 620 g/mol. The Balaban J connectivity index is 1.59. The number of nitrogens with one attached hydrogen (secondary N) is 2. The molecule has 2 heterocycles. The molecule has 0 spiro atoms. The van der Waals surface area contributed by atoms with Gasteiger partial charge in [0.15, 0.2) is 5.75 Å². The second-order valence-electron chi connectivity index (χ2n) is 9.82. The van der Waals surface area contributed by atoms with Crippen molar-refractivity contribution in [2.75, 3.05) is 29.5 Å². The SMILES string of the molecule is CCCCOC1OC(=O)C[C@@H]1NC(=O)CN1C(=O)[C@@H](NC(=O)c2cc(Cl)c(O)c(Cl)c2)CN(C(C)=O)c2ccccc21. The number of carbonyl (C=O) groups excluding carboxylic acids is 5. The molecule has 3 atom stereocenters. The van der Waals surface area contributed by atoms with Crippen LogP contribution in [-0.2, 0) is 28.7 Å².